The van der Waals surface area contributed by atoms with Crippen molar-refractivity contribution in [2.45, 2.75) is 20.8 Å². The van der Waals surface area contributed by atoms with Crippen LogP contribution in [0.4, 0.5) is 11.4 Å². The molecular formula is C31H29N3O3S. The lowest BCUT2D eigenvalue weighted by Crippen LogP contribution is -2.12. The summed E-state index contributed by atoms with van der Waals surface area (Å²) in [6.45, 7) is 6.06. The second-order valence-corrected chi connectivity index (χ2v) is 10.3. The summed E-state index contributed by atoms with van der Waals surface area (Å²) in [6, 6.07) is 21.9. The molecule has 2 heterocycles. The van der Waals surface area contributed by atoms with Gasteiger partial charge in [0.25, 0.3) is 5.91 Å². The highest BCUT2D eigenvalue weighted by Gasteiger charge is 2.22. The lowest BCUT2D eigenvalue weighted by atomic mass is 9.98. The molecule has 3 N–H and O–H groups in total. The quantitative estimate of drug-likeness (QED) is 0.242. The topological polar surface area (TPSA) is 86.5 Å². The summed E-state index contributed by atoms with van der Waals surface area (Å²) in [4.78, 5) is 19.5. The molecule has 5 aromatic rings. The summed E-state index contributed by atoms with van der Waals surface area (Å²) in [6.07, 6.45) is 0. The molecule has 7 heteroatoms. The molecule has 6 nitrogen and oxygen atoms in total. The van der Waals surface area contributed by atoms with E-state index in [0.29, 0.717) is 26.9 Å². The Morgan fingerprint density at radius 1 is 0.816 bits per heavy atom. The Bertz CT molecular complexity index is 1650. The Labute approximate surface area is 226 Å². The van der Waals surface area contributed by atoms with Gasteiger partial charge in [0.15, 0.2) is 11.5 Å². The highest BCUT2D eigenvalue weighted by molar-refractivity contribution is 7.21. The normalized spacial score (nSPS) is 11.0. The van der Waals surface area contributed by atoms with Crippen molar-refractivity contribution in [3.63, 3.8) is 0 Å². The zero-order valence-corrected chi connectivity index (χ0v) is 22.8. The predicted molar refractivity (Wildman–Crippen MR) is 157 cm³/mol. The number of methoxy groups -OCH3 is 2. The number of nitrogen functional groups attached to an aromatic ring is 1. The summed E-state index contributed by atoms with van der Waals surface area (Å²) in [5.41, 5.74) is 14.7. The Kier molecular flexibility index (Phi) is 6.78. The average molecular weight is 524 g/mol. The summed E-state index contributed by atoms with van der Waals surface area (Å²) >= 11 is 1.29. The fourth-order valence-corrected chi connectivity index (χ4v) is 5.64. The van der Waals surface area contributed by atoms with Gasteiger partial charge in [-0.25, -0.2) is 4.98 Å². The van der Waals surface area contributed by atoms with Gasteiger partial charge < -0.3 is 20.5 Å². The number of aromatic nitrogens is 1. The van der Waals surface area contributed by atoms with Crippen LogP contribution >= 0.6 is 11.3 Å². The van der Waals surface area contributed by atoms with E-state index in [1.165, 1.54) is 16.9 Å². The van der Waals surface area contributed by atoms with Crippen LogP contribution < -0.4 is 20.5 Å². The van der Waals surface area contributed by atoms with E-state index in [1.807, 2.05) is 62.4 Å². The number of nitrogens with two attached hydrogens (primary N) is 1. The van der Waals surface area contributed by atoms with Crippen LogP contribution in [0.1, 0.15) is 26.4 Å². The van der Waals surface area contributed by atoms with Gasteiger partial charge in [-0.2, -0.15) is 0 Å². The third-order valence-electron chi connectivity index (χ3n) is 6.43. The molecule has 38 heavy (non-hydrogen) atoms. The first kappa shape index (κ1) is 25.3. The van der Waals surface area contributed by atoms with Crippen LogP contribution in [-0.4, -0.2) is 25.1 Å². The minimum Gasteiger partial charge on any atom is -0.493 e. The SMILES string of the molecule is COc1ccc(-c2cc(-c3ccc(C)cc3)nc3sc(C(=O)Nc4cc(C)cc(C)c4)c(N)c23)cc1OC. The molecule has 5 rings (SSSR count). The smallest absolute Gasteiger partial charge is 0.267 e. The molecular weight excluding hydrogens is 494 g/mol. The van der Waals surface area contributed by atoms with Gasteiger partial charge in [-0.3, -0.25) is 4.79 Å². The van der Waals surface area contributed by atoms with E-state index in [0.717, 1.165) is 44.6 Å². The lowest BCUT2D eigenvalue weighted by Gasteiger charge is -2.12. The van der Waals surface area contributed by atoms with E-state index < -0.39 is 0 Å². The number of fused-ring (bicyclic) bond motifs is 1. The van der Waals surface area contributed by atoms with E-state index in [9.17, 15) is 4.79 Å². The van der Waals surface area contributed by atoms with Gasteiger partial charge in [-0.15, -0.1) is 11.3 Å². The molecule has 0 aliphatic heterocycles. The molecule has 0 fully saturated rings. The van der Waals surface area contributed by atoms with Crippen molar-refractivity contribution in [2.24, 2.45) is 0 Å². The van der Waals surface area contributed by atoms with E-state index in [4.69, 9.17) is 20.2 Å². The maximum atomic E-state index is 13.4. The lowest BCUT2D eigenvalue weighted by molar-refractivity contribution is 0.103. The first-order valence-corrected chi connectivity index (χ1v) is 13.0. The van der Waals surface area contributed by atoms with Crippen LogP contribution in [0.5, 0.6) is 11.5 Å². The van der Waals surface area contributed by atoms with Gasteiger partial charge in [-0.1, -0.05) is 42.0 Å². The van der Waals surface area contributed by atoms with Crippen LogP contribution in [0.3, 0.4) is 0 Å². The third kappa shape index (κ3) is 4.80. The molecule has 0 saturated carbocycles. The molecule has 1 amide bonds. The Balaban J connectivity index is 1.69. The Hall–Kier alpha value is -4.36. The average Bonchev–Trinajstić information content (AvgIpc) is 3.24. The zero-order chi connectivity index (χ0) is 27.0. The highest BCUT2D eigenvalue weighted by atomic mass is 32.1. The maximum absolute atomic E-state index is 13.4. The zero-order valence-electron chi connectivity index (χ0n) is 22.0. The minimum absolute atomic E-state index is 0.259. The van der Waals surface area contributed by atoms with Crippen molar-refractivity contribution in [1.82, 2.24) is 4.98 Å². The largest absolute Gasteiger partial charge is 0.493 e. The number of rotatable bonds is 6. The standard InChI is InChI=1S/C31H29N3O3S/c1-17-6-8-20(9-7-17)24-16-23(21-10-11-25(36-4)26(15-21)37-5)27-28(32)29(38-31(27)34-24)30(35)33-22-13-18(2)12-19(3)14-22/h6-16H,32H2,1-5H3,(H,33,35). The summed E-state index contributed by atoms with van der Waals surface area (Å²) in [5, 5.41) is 3.75. The number of nitrogens with one attached hydrogen (secondary N) is 1. The molecule has 0 atom stereocenters. The van der Waals surface area contributed by atoms with Crippen LogP contribution in [0.15, 0.2) is 66.7 Å². The Morgan fingerprint density at radius 2 is 1.47 bits per heavy atom. The predicted octanol–water partition coefficient (Wildman–Crippen LogP) is 7.41. The number of aryl methyl sites for hydroxylation is 3. The number of amides is 1. The summed E-state index contributed by atoms with van der Waals surface area (Å²) in [7, 11) is 3.21. The molecule has 0 spiro atoms. The number of hydrogen-bond donors (Lipinski definition) is 2. The van der Waals surface area contributed by atoms with Gasteiger partial charge in [0, 0.05) is 16.6 Å². The van der Waals surface area contributed by atoms with Crippen molar-refractivity contribution >= 4 is 38.8 Å². The van der Waals surface area contributed by atoms with Crippen LogP contribution in [-0.2, 0) is 0 Å². The number of carbonyl (C=O) groups excluding carboxylic acids is 1. The molecule has 3 aromatic carbocycles. The monoisotopic (exact) mass is 523 g/mol. The molecule has 192 valence electrons. The van der Waals surface area contributed by atoms with E-state index in [1.54, 1.807) is 14.2 Å². The third-order valence-corrected chi connectivity index (χ3v) is 7.52. The minimum atomic E-state index is -0.259. The molecule has 0 unspecified atom stereocenters. The number of ether oxygens (including phenoxy) is 2. The number of anilines is 2. The highest BCUT2D eigenvalue weighted by Crippen LogP contribution is 2.43. The van der Waals surface area contributed by atoms with E-state index >= 15 is 0 Å². The van der Waals surface area contributed by atoms with Crippen molar-refractivity contribution in [1.29, 1.82) is 0 Å². The first-order chi connectivity index (χ1) is 18.3. The van der Waals surface area contributed by atoms with Crippen molar-refractivity contribution in [3.05, 3.63) is 88.3 Å². The van der Waals surface area contributed by atoms with Gasteiger partial charge in [0.2, 0.25) is 0 Å². The van der Waals surface area contributed by atoms with Gasteiger partial charge >= 0.3 is 0 Å². The van der Waals surface area contributed by atoms with Gasteiger partial charge in [-0.05, 0) is 73.4 Å². The number of benzene rings is 3. The number of nitrogens with zero attached hydrogens (tertiary/aromatic N) is 1. The van der Waals surface area contributed by atoms with Gasteiger partial charge in [0.05, 0.1) is 25.6 Å². The number of thiophene rings is 1. The molecule has 0 aliphatic carbocycles. The van der Waals surface area contributed by atoms with Crippen LogP contribution in [0, 0.1) is 20.8 Å². The summed E-state index contributed by atoms with van der Waals surface area (Å²) in [5.74, 6) is 0.978. The molecule has 0 radical (unpaired) electrons. The molecule has 0 aliphatic rings. The Morgan fingerprint density at radius 3 is 2.13 bits per heavy atom. The van der Waals surface area contributed by atoms with Crippen LogP contribution in [0.25, 0.3) is 32.6 Å². The fourth-order valence-electron chi connectivity index (χ4n) is 4.63. The van der Waals surface area contributed by atoms with Crippen molar-refractivity contribution < 1.29 is 14.3 Å². The van der Waals surface area contributed by atoms with Crippen molar-refractivity contribution in [3.8, 4) is 33.9 Å². The second kappa shape index (κ2) is 10.2. The fraction of sp³-hybridized carbons (Fsp3) is 0.161. The van der Waals surface area contributed by atoms with Crippen molar-refractivity contribution in [2.75, 3.05) is 25.3 Å². The maximum Gasteiger partial charge on any atom is 0.267 e. The first-order valence-electron chi connectivity index (χ1n) is 12.2. The number of hydrogen-bond acceptors (Lipinski definition) is 6. The molecule has 2 aromatic heterocycles. The number of pyridine rings is 1. The second-order valence-electron chi connectivity index (χ2n) is 9.35. The molecule has 0 bridgehead atoms. The van der Waals surface area contributed by atoms with E-state index in [2.05, 4.69) is 30.4 Å². The molecule has 0 saturated heterocycles. The number of carbonyl (C=O) groups is 1. The summed E-state index contributed by atoms with van der Waals surface area (Å²) < 4.78 is 11.0. The van der Waals surface area contributed by atoms with Crippen LogP contribution in [0.2, 0.25) is 0 Å². The van der Waals surface area contributed by atoms with E-state index in [-0.39, 0.29) is 5.91 Å². The van der Waals surface area contributed by atoms with Gasteiger partial charge in [0.1, 0.15) is 9.71 Å².